The van der Waals surface area contributed by atoms with Gasteiger partial charge in [-0.3, -0.25) is 4.79 Å². The molecule has 5 aromatic rings. The minimum absolute atomic E-state index is 0.112. The number of rotatable bonds is 4. The molecular weight excluding hydrogens is 467 g/mol. The summed E-state index contributed by atoms with van der Waals surface area (Å²) in [5.74, 6) is 0.345. The maximum atomic E-state index is 14.0. The van der Waals surface area contributed by atoms with E-state index >= 15 is 0 Å². The Balaban J connectivity index is 1.96. The maximum Gasteiger partial charge on any atom is 0.255 e. The highest BCUT2D eigenvalue weighted by atomic mass is 35.5. The number of nitrogens with zero attached hydrogens (tertiary/aromatic N) is 2. The number of hydrogen-bond donors (Lipinski definition) is 2. The van der Waals surface area contributed by atoms with Gasteiger partial charge in [-0.2, -0.15) is 0 Å². The quantitative estimate of drug-likeness (QED) is 0.291. The van der Waals surface area contributed by atoms with Crippen LogP contribution in [0, 0.1) is 6.92 Å². The number of pyridine rings is 1. The zero-order valence-electron chi connectivity index (χ0n) is 18.6. The van der Waals surface area contributed by atoms with Crippen molar-refractivity contribution in [2.45, 2.75) is 12.8 Å². The summed E-state index contributed by atoms with van der Waals surface area (Å²) in [6.07, 6.45) is 1.78. The minimum atomic E-state index is -0.419. The molecule has 3 aromatic carbocycles. The smallest absolute Gasteiger partial charge is 0.255 e. The Morgan fingerprint density at radius 2 is 1.76 bits per heavy atom. The summed E-state index contributed by atoms with van der Waals surface area (Å²) in [4.78, 5) is 21.8. The summed E-state index contributed by atoms with van der Waals surface area (Å²) in [7, 11) is 1.78. The van der Waals surface area contributed by atoms with Crippen LogP contribution in [0.3, 0.4) is 0 Å². The van der Waals surface area contributed by atoms with Crippen molar-refractivity contribution < 1.29 is 0 Å². The summed E-state index contributed by atoms with van der Waals surface area (Å²) in [6, 6.07) is 20.7. The third kappa shape index (κ3) is 3.87. The Morgan fingerprint density at radius 3 is 2.44 bits per heavy atom. The topological polar surface area (TPSA) is 76.7 Å². The number of hydrogen-bond acceptors (Lipinski definition) is 3. The standard InChI is InChI=1S/C27H22Cl2N4O/c1-15-31-14-22(32-15)25(16-6-8-18(28)9-7-16)26-24(17-4-3-5-19(29)12-17)21-13-20(30)10-11-23(21)33(2)27(26)34/h3-14,25H,30H2,1-2H3,(H,31,32)/t25-/m0/s1. The normalized spacial score (nSPS) is 12.2. The number of aromatic amines is 1. The van der Waals surface area contributed by atoms with Crippen LogP contribution in [0.5, 0.6) is 0 Å². The molecule has 5 rings (SSSR count). The van der Waals surface area contributed by atoms with E-state index in [0.717, 1.165) is 39.1 Å². The van der Waals surface area contributed by atoms with Crippen LogP contribution in [-0.4, -0.2) is 14.5 Å². The molecule has 0 aliphatic heterocycles. The third-order valence-corrected chi connectivity index (χ3v) is 6.58. The second kappa shape index (κ2) is 8.67. The fourth-order valence-corrected chi connectivity index (χ4v) is 4.87. The summed E-state index contributed by atoms with van der Waals surface area (Å²) in [6.45, 7) is 1.89. The molecule has 0 unspecified atom stereocenters. The van der Waals surface area contributed by atoms with Crippen LogP contribution in [0.4, 0.5) is 5.69 Å². The number of nitrogen functional groups attached to an aromatic ring is 1. The number of H-pyrrole nitrogens is 1. The van der Waals surface area contributed by atoms with E-state index in [1.165, 1.54) is 0 Å². The van der Waals surface area contributed by atoms with Gasteiger partial charge in [-0.15, -0.1) is 0 Å². The Hall–Kier alpha value is -3.54. The van der Waals surface area contributed by atoms with E-state index in [-0.39, 0.29) is 5.56 Å². The molecule has 2 aromatic heterocycles. The van der Waals surface area contributed by atoms with E-state index in [2.05, 4.69) is 9.97 Å². The van der Waals surface area contributed by atoms with Crippen molar-refractivity contribution in [3.63, 3.8) is 0 Å². The number of benzene rings is 3. The molecule has 170 valence electrons. The van der Waals surface area contributed by atoms with Gasteiger partial charge in [-0.05, 0) is 60.5 Å². The molecule has 0 amide bonds. The molecule has 7 heteroatoms. The molecule has 0 spiro atoms. The zero-order valence-corrected chi connectivity index (χ0v) is 20.2. The van der Waals surface area contributed by atoms with Gasteiger partial charge >= 0.3 is 0 Å². The number of fused-ring (bicyclic) bond motifs is 1. The van der Waals surface area contributed by atoms with Crippen molar-refractivity contribution >= 4 is 39.8 Å². The van der Waals surface area contributed by atoms with Crippen molar-refractivity contribution in [3.05, 3.63) is 116 Å². The van der Waals surface area contributed by atoms with Crippen LogP contribution >= 0.6 is 23.2 Å². The number of imidazole rings is 1. The molecule has 0 saturated carbocycles. The predicted octanol–water partition coefficient (Wildman–Crippen LogP) is 6.31. The highest BCUT2D eigenvalue weighted by Crippen LogP contribution is 2.40. The predicted molar refractivity (Wildman–Crippen MR) is 140 cm³/mol. The largest absolute Gasteiger partial charge is 0.399 e. The van der Waals surface area contributed by atoms with Gasteiger partial charge in [0, 0.05) is 51.2 Å². The van der Waals surface area contributed by atoms with Crippen molar-refractivity contribution in [2.24, 2.45) is 7.05 Å². The molecular formula is C27H22Cl2N4O. The molecule has 5 nitrogen and oxygen atoms in total. The molecule has 0 saturated heterocycles. The maximum absolute atomic E-state index is 14.0. The SMILES string of the molecule is Cc1ncc([C@H](c2ccc(Cl)cc2)c2c(-c3cccc(Cl)c3)c3cc(N)ccc3n(C)c2=O)[nH]1. The summed E-state index contributed by atoms with van der Waals surface area (Å²) < 4.78 is 1.67. The minimum Gasteiger partial charge on any atom is -0.399 e. The first-order chi connectivity index (χ1) is 16.3. The zero-order chi connectivity index (χ0) is 24.0. The van der Waals surface area contributed by atoms with Crippen LogP contribution < -0.4 is 11.3 Å². The van der Waals surface area contributed by atoms with E-state index in [1.807, 2.05) is 67.6 Å². The van der Waals surface area contributed by atoms with E-state index in [1.54, 1.807) is 23.9 Å². The van der Waals surface area contributed by atoms with Crippen molar-refractivity contribution in [1.82, 2.24) is 14.5 Å². The highest BCUT2D eigenvalue weighted by Gasteiger charge is 2.28. The fourth-order valence-electron chi connectivity index (χ4n) is 4.55. The summed E-state index contributed by atoms with van der Waals surface area (Å²) in [5.41, 5.74) is 11.5. The van der Waals surface area contributed by atoms with Gasteiger partial charge in [0.05, 0.1) is 11.4 Å². The average molecular weight is 489 g/mol. The van der Waals surface area contributed by atoms with Gasteiger partial charge in [0.25, 0.3) is 5.56 Å². The Labute approximate surface area is 206 Å². The Bertz CT molecular complexity index is 1590. The van der Waals surface area contributed by atoms with Gasteiger partial charge in [0.2, 0.25) is 0 Å². The van der Waals surface area contributed by atoms with Crippen LogP contribution in [-0.2, 0) is 7.05 Å². The second-order valence-corrected chi connectivity index (χ2v) is 9.22. The fraction of sp³-hybridized carbons (Fsp3) is 0.111. The van der Waals surface area contributed by atoms with E-state index in [9.17, 15) is 4.79 Å². The lowest BCUT2D eigenvalue weighted by molar-refractivity contribution is 0.839. The van der Waals surface area contributed by atoms with Crippen molar-refractivity contribution in [2.75, 3.05) is 5.73 Å². The van der Waals surface area contributed by atoms with Crippen LogP contribution in [0.2, 0.25) is 10.0 Å². The molecule has 0 radical (unpaired) electrons. The summed E-state index contributed by atoms with van der Waals surface area (Å²) in [5, 5.41) is 2.08. The van der Waals surface area contributed by atoms with Gasteiger partial charge in [0.1, 0.15) is 5.82 Å². The molecule has 1 atom stereocenters. The molecule has 0 fully saturated rings. The molecule has 0 bridgehead atoms. The highest BCUT2D eigenvalue weighted by molar-refractivity contribution is 6.31. The second-order valence-electron chi connectivity index (χ2n) is 8.35. The van der Waals surface area contributed by atoms with Crippen LogP contribution in [0.15, 0.2) is 77.7 Å². The Morgan fingerprint density at radius 1 is 1.00 bits per heavy atom. The third-order valence-electron chi connectivity index (χ3n) is 6.09. The molecule has 0 aliphatic carbocycles. The number of nitrogens with one attached hydrogen (secondary N) is 1. The van der Waals surface area contributed by atoms with Gasteiger partial charge in [0.15, 0.2) is 0 Å². The number of aryl methyl sites for hydroxylation is 2. The van der Waals surface area contributed by atoms with Crippen LogP contribution in [0.25, 0.3) is 22.0 Å². The van der Waals surface area contributed by atoms with Gasteiger partial charge in [-0.25, -0.2) is 4.98 Å². The first-order valence-corrected chi connectivity index (χ1v) is 11.5. The lowest BCUT2D eigenvalue weighted by atomic mass is 9.83. The molecule has 0 aliphatic rings. The number of aromatic nitrogens is 3. The van der Waals surface area contributed by atoms with E-state index in [4.69, 9.17) is 28.9 Å². The van der Waals surface area contributed by atoms with Crippen molar-refractivity contribution in [1.29, 1.82) is 0 Å². The van der Waals surface area contributed by atoms with E-state index < -0.39 is 5.92 Å². The van der Waals surface area contributed by atoms with Crippen LogP contribution in [0.1, 0.15) is 28.6 Å². The Kier molecular flexibility index (Phi) is 5.68. The monoisotopic (exact) mass is 488 g/mol. The molecule has 3 N–H and O–H groups in total. The van der Waals surface area contributed by atoms with Gasteiger partial charge < -0.3 is 15.3 Å². The summed E-state index contributed by atoms with van der Waals surface area (Å²) >= 11 is 12.6. The lowest BCUT2D eigenvalue weighted by Crippen LogP contribution is -2.26. The number of anilines is 1. The molecule has 2 heterocycles. The first-order valence-electron chi connectivity index (χ1n) is 10.8. The number of halogens is 2. The van der Waals surface area contributed by atoms with E-state index in [0.29, 0.717) is 21.3 Å². The lowest BCUT2D eigenvalue weighted by Gasteiger charge is -2.23. The first kappa shape index (κ1) is 22.3. The van der Waals surface area contributed by atoms with Crippen molar-refractivity contribution in [3.8, 4) is 11.1 Å². The molecule has 34 heavy (non-hydrogen) atoms. The van der Waals surface area contributed by atoms with Gasteiger partial charge in [-0.1, -0.05) is 47.5 Å². The number of nitrogens with two attached hydrogens (primary N) is 1. The average Bonchev–Trinajstić information content (AvgIpc) is 3.24.